The van der Waals surface area contributed by atoms with Crippen molar-refractivity contribution in [2.45, 2.75) is 63.8 Å². The number of carboxylic acids is 1. The van der Waals surface area contributed by atoms with E-state index < -0.39 is 5.97 Å². The van der Waals surface area contributed by atoms with Crippen molar-refractivity contribution in [2.24, 2.45) is 11.8 Å². The van der Waals surface area contributed by atoms with Crippen molar-refractivity contribution < 1.29 is 9.90 Å². The van der Waals surface area contributed by atoms with Crippen LogP contribution in [0.5, 0.6) is 0 Å². The first-order valence-corrected chi connectivity index (χ1v) is 10.3. The van der Waals surface area contributed by atoms with Crippen LogP contribution in [0.2, 0.25) is 0 Å². The van der Waals surface area contributed by atoms with E-state index in [1.165, 1.54) is 51.6 Å². The van der Waals surface area contributed by atoms with Crippen LogP contribution in [-0.2, 0) is 4.79 Å². The molecule has 0 radical (unpaired) electrons. The van der Waals surface area contributed by atoms with Crippen LogP contribution in [0, 0.1) is 11.8 Å². The SMILES string of the molecule is O=C(O)CC1CCC(N2CCCC(CCCNc3ccncc3)C2)CC1. The molecule has 1 unspecified atom stereocenters. The van der Waals surface area contributed by atoms with Crippen molar-refractivity contribution in [2.75, 3.05) is 25.0 Å². The van der Waals surface area contributed by atoms with E-state index in [-0.39, 0.29) is 0 Å². The van der Waals surface area contributed by atoms with Crippen LogP contribution in [0.4, 0.5) is 5.69 Å². The van der Waals surface area contributed by atoms with Gasteiger partial charge in [-0.2, -0.15) is 0 Å². The average Bonchev–Trinajstić information content (AvgIpc) is 2.66. The number of rotatable bonds is 8. The molecule has 144 valence electrons. The van der Waals surface area contributed by atoms with E-state index in [4.69, 9.17) is 5.11 Å². The fraction of sp³-hybridized carbons (Fsp3) is 0.714. The molecule has 5 heteroatoms. The Labute approximate surface area is 157 Å². The Morgan fingerprint density at radius 2 is 1.92 bits per heavy atom. The number of anilines is 1. The van der Waals surface area contributed by atoms with Gasteiger partial charge in [0.25, 0.3) is 0 Å². The molecule has 5 nitrogen and oxygen atoms in total. The summed E-state index contributed by atoms with van der Waals surface area (Å²) in [4.78, 5) is 17.6. The minimum absolute atomic E-state index is 0.361. The van der Waals surface area contributed by atoms with E-state index in [1.807, 2.05) is 24.5 Å². The van der Waals surface area contributed by atoms with Gasteiger partial charge in [0, 0.05) is 43.6 Å². The Hall–Kier alpha value is -1.62. The lowest BCUT2D eigenvalue weighted by Gasteiger charge is -2.41. The standard InChI is InChI=1S/C21H33N3O2/c25-21(26)15-17-5-7-20(8-6-17)24-14-2-4-18(16-24)3-1-11-23-19-9-12-22-13-10-19/h9-10,12-13,17-18,20H,1-8,11,14-16H2,(H,22,23)(H,25,26). The molecule has 1 aliphatic heterocycles. The fourth-order valence-electron chi connectivity index (χ4n) is 4.72. The van der Waals surface area contributed by atoms with Crippen molar-refractivity contribution >= 4 is 11.7 Å². The topological polar surface area (TPSA) is 65.5 Å². The van der Waals surface area contributed by atoms with Gasteiger partial charge in [-0.25, -0.2) is 0 Å². The quantitative estimate of drug-likeness (QED) is 0.686. The number of hydrogen-bond acceptors (Lipinski definition) is 4. The van der Waals surface area contributed by atoms with E-state index >= 15 is 0 Å². The molecule has 2 aliphatic rings. The minimum atomic E-state index is -0.633. The van der Waals surface area contributed by atoms with Gasteiger partial charge >= 0.3 is 5.97 Å². The lowest BCUT2D eigenvalue weighted by Crippen LogP contribution is -2.44. The van der Waals surface area contributed by atoms with Gasteiger partial charge in [0.15, 0.2) is 0 Å². The van der Waals surface area contributed by atoms with Crippen LogP contribution < -0.4 is 5.32 Å². The third-order valence-corrected chi connectivity index (χ3v) is 6.14. The molecule has 2 heterocycles. The highest BCUT2D eigenvalue weighted by molar-refractivity contribution is 5.67. The fourth-order valence-corrected chi connectivity index (χ4v) is 4.72. The van der Waals surface area contributed by atoms with Gasteiger partial charge in [-0.1, -0.05) is 0 Å². The van der Waals surface area contributed by atoms with Crippen LogP contribution >= 0.6 is 0 Å². The zero-order valence-electron chi connectivity index (χ0n) is 15.8. The van der Waals surface area contributed by atoms with E-state index in [0.717, 1.165) is 31.0 Å². The third kappa shape index (κ3) is 5.97. The number of carbonyl (C=O) groups is 1. The van der Waals surface area contributed by atoms with Crippen molar-refractivity contribution in [1.29, 1.82) is 0 Å². The van der Waals surface area contributed by atoms with Gasteiger partial charge in [0.1, 0.15) is 0 Å². The molecule has 1 aromatic rings. The summed E-state index contributed by atoms with van der Waals surface area (Å²) in [5.41, 5.74) is 1.16. The second-order valence-electron chi connectivity index (χ2n) is 8.08. The van der Waals surface area contributed by atoms with Crippen LogP contribution in [0.1, 0.15) is 57.8 Å². The lowest BCUT2D eigenvalue weighted by atomic mass is 9.82. The van der Waals surface area contributed by atoms with Crippen molar-refractivity contribution in [1.82, 2.24) is 9.88 Å². The first-order valence-electron chi connectivity index (χ1n) is 10.3. The highest BCUT2D eigenvalue weighted by Crippen LogP contribution is 2.32. The van der Waals surface area contributed by atoms with Crippen molar-refractivity contribution in [3.63, 3.8) is 0 Å². The summed E-state index contributed by atoms with van der Waals surface area (Å²) < 4.78 is 0. The molecule has 2 fully saturated rings. The molecular formula is C21H33N3O2. The number of aromatic nitrogens is 1. The molecule has 1 saturated heterocycles. The molecule has 0 aromatic carbocycles. The maximum atomic E-state index is 10.9. The second-order valence-corrected chi connectivity index (χ2v) is 8.08. The molecule has 3 rings (SSSR count). The molecular weight excluding hydrogens is 326 g/mol. The molecule has 0 spiro atoms. The number of piperidine rings is 1. The average molecular weight is 360 g/mol. The van der Waals surface area contributed by atoms with Crippen molar-refractivity contribution in [3.8, 4) is 0 Å². The Morgan fingerprint density at radius 1 is 1.15 bits per heavy atom. The summed E-state index contributed by atoms with van der Waals surface area (Å²) in [6, 6.07) is 4.73. The number of nitrogens with zero attached hydrogens (tertiary/aromatic N) is 2. The predicted octanol–water partition coefficient (Wildman–Crippen LogP) is 4.02. The van der Waals surface area contributed by atoms with Crippen LogP contribution in [-0.4, -0.2) is 46.6 Å². The van der Waals surface area contributed by atoms with Crippen molar-refractivity contribution in [3.05, 3.63) is 24.5 Å². The Balaban J connectivity index is 1.34. The van der Waals surface area contributed by atoms with Crippen LogP contribution in [0.25, 0.3) is 0 Å². The highest BCUT2D eigenvalue weighted by atomic mass is 16.4. The summed E-state index contributed by atoms with van der Waals surface area (Å²) in [5, 5.41) is 12.4. The summed E-state index contributed by atoms with van der Waals surface area (Å²) >= 11 is 0. The Bertz CT molecular complexity index is 543. The molecule has 26 heavy (non-hydrogen) atoms. The van der Waals surface area contributed by atoms with Gasteiger partial charge in [-0.15, -0.1) is 0 Å². The molecule has 1 atom stereocenters. The minimum Gasteiger partial charge on any atom is -0.481 e. The van der Waals surface area contributed by atoms with Crippen LogP contribution in [0.15, 0.2) is 24.5 Å². The van der Waals surface area contributed by atoms with E-state index in [0.29, 0.717) is 18.4 Å². The zero-order valence-corrected chi connectivity index (χ0v) is 15.8. The number of likely N-dealkylation sites (tertiary alicyclic amines) is 1. The van der Waals surface area contributed by atoms with Crippen LogP contribution in [0.3, 0.4) is 0 Å². The molecule has 0 bridgehead atoms. The van der Waals surface area contributed by atoms with E-state index in [9.17, 15) is 4.79 Å². The Kier molecular flexibility index (Phi) is 7.30. The molecule has 1 saturated carbocycles. The number of pyridine rings is 1. The normalized spacial score (nSPS) is 27.2. The number of hydrogen-bond donors (Lipinski definition) is 2. The van der Waals surface area contributed by atoms with E-state index in [1.54, 1.807) is 0 Å². The predicted molar refractivity (Wildman–Crippen MR) is 104 cm³/mol. The summed E-state index contributed by atoms with van der Waals surface area (Å²) in [5.74, 6) is 0.593. The maximum absolute atomic E-state index is 10.9. The maximum Gasteiger partial charge on any atom is 0.303 e. The molecule has 2 N–H and O–H groups in total. The van der Waals surface area contributed by atoms with Gasteiger partial charge < -0.3 is 15.3 Å². The summed E-state index contributed by atoms with van der Waals surface area (Å²) in [6.45, 7) is 3.50. The van der Waals surface area contributed by atoms with Gasteiger partial charge in [-0.3, -0.25) is 9.78 Å². The number of nitrogens with one attached hydrogen (secondary N) is 1. The van der Waals surface area contributed by atoms with Gasteiger partial charge in [0.05, 0.1) is 0 Å². The zero-order chi connectivity index (χ0) is 18.2. The first-order chi connectivity index (χ1) is 12.7. The van der Waals surface area contributed by atoms with E-state index in [2.05, 4.69) is 15.2 Å². The third-order valence-electron chi connectivity index (χ3n) is 6.14. The molecule has 0 amide bonds. The monoisotopic (exact) mass is 359 g/mol. The first kappa shape index (κ1) is 19.2. The largest absolute Gasteiger partial charge is 0.481 e. The number of carboxylic acid groups (broad SMARTS) is 1. The summed E-state index contributed by atoms with van der Waals surface area (Å²) in [6.07, 6.45) is 13.8. The van der Waals surface area contributed by atoms with Gasteiger partial charge in [0.2, 0.25) is 0 Å². The van der Waals surface area contributed by atoms with Gasteiger partial charge in [-0.05, 0) is 81.9 Å². The molecule has 1 aromatic heterocycles. The lowest BCUT2D eigenvalue weighted by molar-refractivity contribution is -0.138. The number of aliphatic carboxylic acids is 1. The Morgan fingerprint density at radius 3 is 2.65 bits per heavy atom. The second kappa shape index (κ2) is 9.91. The summed E-state index contributed by atoms with van der Waals surface area (Å²) in [7, 11) is 0. The molecule has 1 aliphatic carbocycles. The smallest absolute Gasteiger partial charge is 0.303 e. The highest BCUT2D eigenvalue weighted by Gasteiger charge is 2.29.